The molecule has 100 valence electrons. The van der Waals surface area contributed by atoms with Crippen molar-refractivity contribution in [3.8, 4) is 0 Å². The number of carbonyl (C=O) groups is 1. The number of halogens is 2. The fourth-order valence-electron chi connectivity index (χ4n) is 2.34. The molecule has 6 heteroatoms. The molecular weight excluding hydrogens is 269 g/mol. The van der Waals surface area contributed by atoms with Crippen LogP contribution in [-0.4, -0.2) is 23.3 Å². The number of hydrogen-bond acceptors (Lipinski definition) is 2. The summed E-state index contributed by atoms with van der Waals surface area (Å²) in [6, 6.07) is 3.34. The van der Waals surface area contributed by atoms with Crippen LogP contribution < -0.4 is 5.73 Å². The summed E-state index contributed by atoms with van der Waals surface area (Å²) < 4.78 is 14.0. The standard InChI is InChI=1S/C13H13ClFN3O/c14-8-2-1-3-9(15)10(8)11-12(16)17-13(19)18(11)6-7-4-5-7/h1-3,7,11H,4-6H2,(H2,16,17,19). The maximum absolute atomic E-state index is 14.0. The van der Waals surface area contributed by atoms with Gasteiger partial charge in [0.25, 0.3) is 0 Å². The predicted octanol–water partition coefficient (Wildman–Crippen LogP) is 2.72. The number of urea groups is 1. The van der Waals surface area contributed by atoms with Crippen molar-refractivity contribution in [3.05, 3.63) is 34.6 Å². The number of nitrogens with zero attached hydrogens (tertiary/aromatic N) is 2. The lowest BCUT2D eigenvalue weighted by Crippen LogP contribution is -2.35. The van der Waals surface area contributed by atoms with Crippen LogP contribution in [0.1, 0.15) is 24.4 Å². The third-order valence-electron chi connectivity index (χ3n) is 3.49. The van der Waals surface area contributed by atoms with Gasteiger partial charge in [-0.2, -0.15) is 4.99 Å². The summed E-state index contributed by atoms with van der Waals surface area (Å²) in [5, 5.41) is 0.263. The van der Waals surface area contributed by atoms with Crippen molar-refractivity contribution < 1.29 is 9.18 Å². The number of amides is 2. The first-order valence-electron chi connectivity index (χ1n) is 6.16. The molecule has 2 N–H and O–H groups in total. The number of benzene rings is 1. The highest BCUT2D eigenvalue weighted by Gasteiger charge is 2.40. The molecule has 1 fully saturated rings. The quantitative estimate of drug-likeness (QED) is 0.926. The van der Waals surface area contributed by atoms with Crippen LogP contribution in [-0.2, 0) is 0 Å². The van der Waals surface area contributed by atoms with Gasteiger partial charge in [0.2, 0.25) is 0 Å². The minimum absolute atomic E-state index is 0.109. The highest BCUT2D eigenvalue weighted by atomic mass is 35.5. The molecule has 1 heterocycles. The van der Waals surface area contributed by atoms with Gasteiger partial charge in [-0.05, 0) is 30.9 Å². The Morgan fingerprint density at radius 3 is 2.84 bits per heavy atom. The Bertz CT molecular complexity index is 551. The van der Waals surface area contributed by atoms with E-state index in [0.717, 1.165) is 12.8 Å². The topological polar surface area (TPSA) is 58.7 Å². The summed E-state index contributed by atoms with van der Waals surface area (Å²) in [5.74, 6) is 0.113. The van der Waals surface area contributed by atoms with Crippen LogP contribution in [0.5, 0.6) is 0 Å². The Kier molecular flexibility index (Phi) is 2.93. The number of aliphatic imine (C=N–C) groups is 1. The lowest BCUT2D eigenvalue weighted by atomic mass is 10.0. The third-order valence-corrected chi connectivity index (χ3v) is 3.82. The summed E-state index contributed by atoms with van der Waals surface area (Å²) in [6.45, 7) is 0.554. The second-order valence-electron chi connectivity index (χ2n) is 4.95. The molecule has 0 radical (unpaired) electrons. The molecule has 1 aliphatic carbocycles. The smallest absolute Gasteiger partial charge is 0.346 e. The van der Waals surface area contributed by atoms with Gasteiger partial charge in [0.05, 0.1) is 0 Å². The Labute approximate surface area is 115 Å². The van der Waals surface area contributed by atoms with E-state index in [1.807, 2.05) is 0 Å². The number of hydrogen-bond donors (Lipinski definition) is 1. The van der Waals surface area contributed by atoms with E-state index in [-0.39, 0.29) is 16.4 Å². The minimum Gasteiger partial charge on any atom is -0.385 e. The van der Waals surface area contributed by atoms with Crippen molar-refractivity contribution >= 4 is 23.5 Å². The van der Waals surface area contributed by atoms with Gasteiger partial charge in [-0.25, -0.2) is 9.18 Å². The van der Waals surface area contributed by atoms with Crippen LogP contribution in [0.3, 0.4) is 0 Å². The summed E-state index contributed by atoms with van der Waals surface area (Å²) in [5.41, 5.74) is 6.02. The van der Waals surface area contributed by atoms with E-state index in [0.29, 0.717) is 12.5 Å². The molecule has 1 aromatic rings. The molecule has 0 spiro atoms. The molecule has 0 saturated heterocycles. The van der Waals surface area contributed by atoms with E-state index in [1.165, 1.54) is 17.0 Å². The van der Waals surface area contributed by atoms with Gasteiger partial charge >= 0.3 is 6.03 Å². The third kappa shape index (κ3) is 2.18. The van der Waals surface area contributed by atoms with E-state index in [4.69, 9.17) is 17.3 Å². The van der Waals surface area contributed by atoms with Gasteiger partial charge in [0, 0.05) is 17.1 Å². The fraction of sp³-hybridized carbons (Fsp3) is 0.385. The number of nitrogens with two attached hydrogens (primary N) is 1. The Balaban J connectivity index is 2.00. The summed E-state index contributed by atoms with van der Waals surface area (Å²) >= 11 is 6.05. The van der Waals surface area contributed by atoms with Crippen molar-refractivity contribution in [1.82, 2.24) is 4.90 Å². The van der Waals surface area contributed by atoms with E-state index in [2.05, 4.69) is 4.99 Å². The van der Waals surface area contributed by atoms with Gasteiger partial charge in [0.15, 0.2) is 0 Å². The summed E-state index contributed by atoms with van der Waals surface area (Å²) in [6.07, 6.45) is 2.17. The van der Waals surface area contributed by atoms with Gasteiger partial charge in [-0.15, -0.1) is 0 Å². The molecule has 1 unspecified atom stereocenters. The van der Waals surface area contributed by atoms with Crippen molar-refractivity contribution in [2.45, 2.75) is 18.9 Å². The Hall–Kier alpha value is -1.62. The highest BCUT2D eigenvalue weighted by molar-refractivity contribution is 6.31. The first kappa shape index (κ1) is 12.4. The van der Waals surface area contributed by atoms with Crippen LogP contribution in [0.2, 0.25) is 5.02 Å². The van der Waals surface area contributed by atoms with Crippen molar-refractivity contribution in [2.24, 2.45) is 16.6 Å². The van der Waals surface area contributed by atoms with Crippen molar-refractivity contribution in [1.29, 1.82) is 0 Å². The maximum Gasteiger partial charge on any atom is 0.346 e. The molecule has 2 amide bonds. The lowest BCUT2D eigenvalue weighted by molar-refractivity contribution is 0.203. The van der Waals surface area contributed by atoms with Crippen LogP contribution in [0.15, 0.2) is 23.2 Å². The zero-order valence-corrected chi connectivity index (χ0v) is 10.9. The fourth-order valence-corrected chi connectivity index (χ4v) is 2.61. The zero-order valence-electron chi connectivity index (χ0n) is 10.1. The first-order chi connectivity index (χ1) is 9.08. The van der Waals surface area contributed by atoms with E-state index >= 15 is 0 Å². The van der Waals surface area contributed by atoms with Crippen molar-refractivity contribution in [2.75, 3.05) is 6.54 Å². The average molecular weight is 282 g/mol. The van der Waals surface area contributed by atoms with Gasteiger partial charge < -0.3 is 10.6 Å². The Morgan fingerprint density at radius 1 is 1.47 bits per heavy atom. The lowest BCUT2D eigenvalue weighted by Gasteiger charge is -2.25. The molecule has 4 nitrogen and oxygen atoms in total. The van der Waals surface area contributed by atoms with Gasteiger partial charge in [-0.1, -0.05) is 17.7 Å². The number of amidine groups is 1. The molecule has 1 aliphatic heterocycles. The zero-order chi connectivity index (χ0) is 13.6. The average Bonchev–Trinajstić information content (AvgIpc) is 3.10. The largest absolute Gasteiger partial charge is 0.385 e. The minimum atomic E-state index is -0.679. The molecule has 1 saturated carbocycles. The molecule has 3 rings (SSSR count). The normalized spacial score (nSPS) is 22.8. The Morgan fingerprint density at radius 2 is 2.21 bits per heavy atom. The molecule has 1 atom stereocenters. The second-order valence-corrected chi connectivity index (χ2v) is 5.36. The summed E-state index contributed by atoms with van der Waals surface area (Å²) in [4.78, 5) is 17.1. The molecule has 1 aromatic carbocycles. The van der Waals surface area contributed by atoms with Crippen LogP contribution in [0.25, 0.3) is 0 Å². The van der Waals surface area contributed by atoms with Gasteiger partial charge in [0.1, 0.15) is 17.7 Å². The van der Waals surface area contributed by atoms with Crippen molar-refractivity contribution in [3.63, 3.8) is 0 Å². The number of carbonyl (C=O) groups excluding carboxylic acids is 1. The van der Waals surface area contributed by atoms with E-state index in [1.54, 1.807) is 6.07 Å². The van der Waals surface area contributed by atoms with Crippen LogP contribution >= 0.6 is 11.6 Å². The summed E-state index contributed by atoms with van der Waals surface area (Å²) in [7, 11) is 0. The van der Waals surface area contributed by atoms with E-state index < -0.39 is 17.9 Å². The molecule has 2 aliphatic rings. The predicted molar refractivity (Wildman–Crippen MR) is 70.6 cm³/mol. The molecule has 0 aromatic heterocycles. The van der Waals surface area contributed by atoms with Gasteiger partial charge in [-0.3, -0.25) is 0 Å². The van der Waals surface area contributed by atoms with E-state index in [9.17, 15) is 9.18 Å². The monoisotopic (exact) mass is 281 g/mol. The molecular formula is C13H13ClFN3O. The first-order valence-corrected chi connectivity index (χ1v) is 6.54. The molecule has 0 bridgehead atoms. The highest BCUT2D eigenvalue weighted by Crippen LogP contribution is 2.38. The SMILES string of the molecule is NC1=NC(=O)N(CC2CC2)C1c1c(F)cccc1Cl. The van der Waals surface area contributed by atoms with Crippen LogP contribution in [0.4, 0.5) is 9.18 Å². The maximum atomic E-state index is 14.0. The number of rotatable bonds is 3. The molecule has 19 heavy (non-hydrogen) atoms. The second kappa shape index (κ2) is 4.49. The van der Waals surface area contributed by atoms with Crippen LogP contribution in [0, 0.1) is 11.7 Å².